The van der Waals surface area contributed by atoms with Crippen LogP contribution in [-0.4, -0.2) is 43.5 Å². The second-order valence-electron chi connectivity index (χ2n) is 13.2. The SMILES string of the molecule is C#CCn1c(=N)n(CC(O)c2ccc(Cl)c(Cl)c2)c2ccccc21.N=c1n(Cc2cn(-c3cccc(F)c3)nn2)c2ccccc2n1CC(O)c1ccc(Cl)c(Cl)c1. The van der Waals surface area contributed by atoms with Crippen molar-refractivity contribution in [3.8, 4) is 18.0 Å². The molecule has 58 heavy (non-hydrogen) atoms. The molecule has 0 saturated carbocycles. The molecule has 0 saturated heterocycles. The lowest BCUT2D eigenvalue weighted by atomic mass is 10.1. The third kappa shape index (κ3) is 8.47. The fourth-order valence-corrected chi connectivity index (χ4v) is 7.26. The Morgan fingerprint density at radius 1 is 0.638 bits per heavy atom. The van der Waals surface area contributed by atoms with Crippen LogP contribution in [0.15, 0.2) is 115 Å². The highest BCUT2D eigenvalue weighted by atomic mass is 35.5. The standard InChI is InChI=1S/C24H19Cl2FN6O.C18H15Cl2N3O/c25-19-9-8-15(10-20(19)26)23(34)14-32-22-7-2-1-6-21(22)31(24(32)28)12-17-13-33(30-29-17)18-5-3-4-16(27)11-18;1-2-9-22-15-5-3-4-6-16(15)23(18(22)21)11-17(24)12-7-8-13(19)14(20)10-12/h1-11,13,23,28,34H,12,14H2;1,3-8,10,17,21,24H,9,11H2. The molecular formula is C42H34Cl4FN9O2. The number of hydrogen-bond acceptors (Lipinski definition) is 6. The first-order valence-corrected chi connectivity index (χ1v) is 19.3. The van der Waals surface area contributed by atoms with E-state index in [1.165, 1.54) is 16.8 Å². The maximum Gasteiger partial charge on any atom is 0.203 e. The van der Waals surface area contributed by atoms with E-state index in [-0.39, 0.29) is 36.7 Å². The van der Waals surface area contributed by atoms with Crippen LogP contribution >= 0.6 is 46.4 Å². The predicted octanol–water partition coefficient (Wildman–Crippen LogP) is 8.33. The van der Waals surface area contributed by atoms with Crippen molar-refractivity contribution in [3.63, 3.8) is 0 Å². The zero-order valence-corrected chi connectivity index (χ0v) is 33.5. The van der Waals surface area contributed by atoms with Gasteiger partial charge in [-0.25, -0.2) is 9.07 Å². The van der Waals surface area contributed by atoms with E-state index in [0.29, 0.717) is 49.1 Å². The van der Waals surface area contributed by atoms with E-state index in [4.69, 9.17) is 63.6 Å². The average Bonchev–Trinajstić information content (AvgIpc) is 3.87. The summed E-state index contributed by atoms with van der Waals surface area (Å²) >= 11 is 24.0. The minimum Gasteiger partial charge on any atom is -0.387 e. The number of hydrogen-bond donors (Lipinski definition) is 4. The molecule has 2 atom stereocenters. The van der Waals surface area contributed by atoms with E-state index in [9.17, 15) is 14.6 Å². The molecule has 8 rings (SSSR count). The van der Waals surface area contributed by atoms with Gasteiger partial charge in [0.05, 0.1) is 92.4 Å². The number of para-hydroxylation sites is 4. The highest BCUT2D eigenvalue weighted by Gasteiger charge is 2.18. The van der Waals surface area contributed by atoms with Crippen LogP contribution < -0.4 is 11.2 Å². The lowest BCUT2D eigenvalue weighted by Crippen LogP contribution is -2.27. The van der Waals surface area contributed by atoms with Crippen LogP contribution in [0.5, 0.6) is 0 Å². The average molecular weight is 858 g/mol. The first kappa shape index (κ1) is 40.5. The van der Waals surface area contributed by atoms with Crippen molar-refractivity contribution in [1.82, 2.24) is 33.3 Å². The van der Waals surface area contributed by atoms with Gasteiger partial charge in [0.25, 0.3) is 0 Å². The van der Waals surface area contributed by atoms with Crippen LogP contribution in [0.25, 0.3) is 27.8 Å². The van der Waals surface area contributed by atoms with E-state index in [1.807, 2.05) is 48.5 Å². The normalized spacial score (nSPS) is 12.3. The summed E-state index contributed by atoms with van der Waals surface area (Å²) < 4.78 is 22.1. The Balaban J connectivity index is 0.000000188. The van der Waals surface area contributed by atoms with Gasteiger partial charge < -0.3 is 23.9 Å². The molecule has 3 heterocycles. The minimum absolute atomic E-state index is 0.153. The van der Waals surface area contributed by atoms with Crippen LogP contribution in [0.4, 0.5) is 4.39 Å². The summed E-state index contributed by atoms with van der Waals surface area (Å²) in [6.07, 6.45) is 5.41. The summed E-state index contributed by atoms with van der Waals surface area (Å²) in [4.78, 5) is 0. The Kier molecular flexibility index (Phi) is 12.2. The van der Waals surface area contributed by atoms with Crippen molar-refractivity contribution in [2.24, 2.45) is 0 Å². The molecule has 0 fully saturated rings. The molecule has 0 amide bonds. The number of aromatic nitrogens is 7. The van der Waals surface area contributed by atoms with Gasteiger partial charge in [-0.1, -0.05) is 100 Å². The largest absolute Gasteiger partial charge is 0.387 e. The summed E-state index contributed by atoms with van der Waals surface area (Å²) in [6.45, 7) is 0.953. The number of benzene rings is 5. The van der Waals surface area contributed by atoms with Crippen molar-refractivity contribution < 1.29 is 14.6 Å². The number of aliphatic hydroxyl groups excluding tert-OH is 2. The van der Waals surface area contributed by atoms with Gasteiger partial charge in [0, 0.05) is 0 Å². The number of nitrogens with one attached hydrogen (secondary N) is 2. The molecular weight excluding hydrogens is 823 g/mol. The van der Waals surface area contributed by atoms with E-state index < -0.39 is 12.2 Å². The zero-order chi connectivity index (χ0) is 41.1. The summed E-state index contributed by atoms with van der Waals surface area (Å²) in [7, 11) is 0. The molecule has 0 aliphatic carbocycles. The van der Waals surface area contributed by atoms with E-state index in [1.54, 1.807) is 73.0 Å². The lowest BCUT2D eigenvalue weighted by molar-refractivity contribution is 0.155. The molecule has 0 radical (unpaired) electrons. The third-order valence-corrected chi connectivity index (χ3v) is 11.0. The van der Waals surface area contributed by atoms with E-state index in [2.05, 4.69) is 16.2 Å². The number of nitrogens with zero attached hydrogens (tertiary/aromatic N) is 7. The number of terminal acetylenes is 1. The van der Waals surface area contributed by atoms with Crippen LogP contribution in [0.3, 0.4) is 0 Å². The van der Waals surface area contributed by atoms with Gasteiger partial charge in [-0.15, -0.1) is 11.5 Å². The predicted molar refractivity (Wildman–Crippen MR) is 224 cm³/mol. The van der Waals surface area contributed by atoms with Gasteiger partial charge >= 0.3 is 0 Å². The Bertz CT molecular complexity index is 2940. The monoisotopic (exact) mass is 855 g/mol. The van der Waals surface area contributed by atoms with Crippen molar-refractivity contribution in [3.05, 3.63) is 169 Å². The van der Waals surface area contributed by atoms with Gasteiger partial charge in [-0.3, -0.25) is 15.4 Å². The van der Waals surface area contributed by atoms with Crippen LogP contribution in [0.1, 0.15) is 29.0 Å². The molecule has 16 heteroatoms. The van der Waals surface area contributed by atoms with Gasteiger partial charge in [-0.2, -0.15) is 0 Å². The summed E-state index contributed by atoms with van der Waals surface area (Å²) in [5, 5.41) is 48.5. The molecule has 4 N–H and O–H groups in total. The number of rotatable bonds is 10. The van der Waals surface area contributed by atoms with Crippen molar-refractivity contribution >= 4 is 68.5 Å². The molecule has 5 aromatic carbocycles. The van der Waals surface area contributed by atoms with Crippen LogP contribution in [0.2, 0.25) is 20.1 Å². The summed E-state index contributed by atoms with van der Waals surface area (Å²) in [6, 6.07) is 31.3. The Labute approximate surface area is 351 Å². The maximum atomic E-state index is 13.6. The van der Waals surface area contributed by atoms with Crippen molar-refractivity contribution in [2.45, 2.75) is 38.4 Å². The van der Waals surface area contributed by atoms with Crippen molar-refractivity contribution in [2.75, 3.05) is 0 Å². The molecule has 0 spiro atoms. The Morgan fingerprint density at radius 2 is 1.14 bits per heavy atom. The number of fused-ring (bicyclic) bond motifs is 2. The summed E-state index contributed by atoms with van der Waals surface area (Å²) in [5.41, 5.74) is 6.17. The molecule has 0 aliphatic rings. The minimum atomic E-state index is -0.892. The maximum absolute atomic E-state index is 13.6. The number of halogens is 5. The topological polar surface area (TPSA) is 139 Å². The van der Waals surface area contributed by atoms with E-state index in [0.717, 1.165) is 22.1 Å². The quantitative estimate of drug-likeness (QED) is 0.103. The molecule has 294 valence electrons. The fraction of sp³-hybridized carbons (Fsp3) is 0.143. The van der Waals surface area contributed by atoms with Crippen molar-refractivity contribution in [1.29, 1.82) is 10.8 Å². The van der Waals surface area contributed by atoms with Crippen LogP contribution in [-0.2, 0) is 26.2 Å². The van der Waals surface area contributed by atoms with Gasteiger partial charge in [-0.05, 0) is 77.9 Å². The molecule has 0 bridgehead atoms. The smallest absolute Gasteiger partial charge is 0.203 e. The number of aliphatic hydroxyl groups is 2. The Morgan fingerprint density at radius 3 is 1.64 bits per heavy atom. The first-order chi connectivity index (χ1) is 27.9. The highest BCUT2D eigenvalue weighted by Crippen LogP contribution is 2.28. The van der Waals surface area contributed by atoms with Gasteiger partial charge in [0.2, 0.25) is 11.2 Å². The van der Waals surface area contributed by atoms with E-state index >= 15 is 0 Å². The molecule has 2 unspecified atom stereocenters. The third-order valence-electron chi connectivity index (χ3n) is 9.50. The molecule has 3 aromatic heterocycles. The highest BCUT2D eigenvalue weighted by molar-refractivity contribution is 6.42. The molecule has 11 nitrogen and oxygen atoms in total. The summed E-state index contributed by atoms with van der Waals surface area (Å²) in [5.74, 6) is 2.20. The van der Waals surface area contributed by atoms with Gasteiger partial charge in [0.15, 0.2) is 0 Å². The fourth-order valence-electron chi connectivity index (χ4n) is 6.64. The molecule has 0 aliphatic heterocycles. The number of imidazole rings is 2. The van der Waals surface area contributed by atoms with Gasteiger partial charge in [0.1, 0.15) is 11.5 Å². The van der Waals surface area contributed by atoms with Crippen LogP contribution in [0, 0.1) is 29.0 Å². The second-order valence-corrected chi connectivity index (χ2v) is 14.9. The first-order valence-electron chi connectivity index (χ1n) is 17.8. The second kappa shape index (κ2) is 17.5. The Hall–Kier alpha value is -5.65. The molecule has 8 aromatic rings. The lowest BCUT2D eigenvalue weighted by Gasteiger charge is -2.13. The zero-order valence-electron chi connectivity index (χ0n) is 30.4.